The maximum absolute atomic E-state index is 9.08. The molecule has 1 aromatic heterocycles. The highest BCUT2D eigenvalue weighted by molar-refractivity contribution is 8.00. The summed E-state index contributed by atoms with van der Waals surface area (Å²) in [5.41, 5.74) is 1.22. The summed E-state index contributed by atoms with van der Waals surface area (Å²) in [7, 11) is 0. The molecule has 0 radical (unpaired) electrons. The fraction of sp³-hybridized carbons (Fsp3) is 0.471. The summed E-state index contributed by atoms with van der Waals surface area (Å²) in [6, 6.07) is 12.6. The third kappa shape index (κ3) is 4.12. The van der Waals surface area contributed by atoms with Gasteiger partial charge in [-0.1, -0.05) is 42.1 Å². The monoisotopic (exact) mass is 327 g/mol. The van der Waals surface area contributed by atoms with E-state index >= 15 is 0 Å². The first kappa shape index (κ1) is 16.0. The van der Waals surface area contributed by atoms with Crippen LogP contribution in [0.15, 0.2) is 35.5 Å². The highest BCUT2D eigenvalue weighted by atomic mass is 32.2. The second-order valence-electron chi connectivity index (χ2n) is 5.84. The van der Waals surface area contributed by atoms with E-state index in [2.05, 4.69) is 37.9 Å². The van der Waals surface area contributed by atoms with E-state index in [9.17, 15) is 0 Å². The Morgan fingerprint density at radius 3 is 2.61 bits per heavy atom. The Bertz CT molecular complexity index is 670. The number of benzene rings is 1. The van der Waals surface area contributed by atoms with Crippen LogP contribution >= 0.6 is 11.8 Å². The summed E-state index contributed by atoms with van der Waals surface area (Å²) < 4.78 is 2.16. The van der Waals surface area contributed by atoms with E-state index in [0.717, 1.165) is 37.2 Å². The van der Waals surface area contributed by atoms with E-state index in [0.29, 0.717) is 0 Å². The second-order valence-corrected chi connectivity index (χ2v) is 7.15. The number of likely N-dealkylation sites (tertiary alicyclic amines) is 1. The average molecular weight is 327 g/mol. The lowest BCUT2D eigenvalue weighted by molar-refractivity contribution is 0.316. The molecule has 0 saturated carbocycles. The minimum absolute atomic E-state index is 0.131. The molecule has 1 fully saturated rings. The summed E-state index contributed by atoms with van der Waals surface area (Å²) in [5, 5.41) is 18.5. The maximum atomic E-state index is 9.08. The summed E-state index contributed by atoms with van der Waals surface area (Å²) in [6.45, 7) is 5.75. The van der Waals surface area contributed by atoms with Crippen molar-refractivity contribution < 1.29 is 0 Å². The summed E-state index contributed by atoms with van der Waals surface area (Å²) in [6.07, 6.45) is 2.53. The van der Waals surface area contributed by atoms with Gasteiger partial charge >= 0.3 is 0 Å². The van der Waals surface area contributed by atoms with E-state index in [4.69, 9.17) is 5.26 Å². The molecule has 1 atom stereocenters. The molecule has 1 aromatic carbocycles. The van der Waals surface area contributed by atoms with Crippen LogP contribution in [0.5, 0.6) is 0 Å². The van der Waals surface area contributed by atoms with Crippen LogP contribution in [0.3, 0.4) is 0 Å². The van der Waals surface area contributed by atoms with Crippen LogP contribution in [-0.4, -0.2) is 38.0 Å². The van der Waals surface area contributed by atoms with Crippen molar-refractivity contribution in [1.82, 2.24) is 19.7 Å². The average Bonchev–Trinajstić information content (AvgIpc) is 3.21. The Kier molecular flexibility index (Phi) is 5.31. The van der Waals surface area contributed by atoms with Crippen molar-refractivity contribution in [2.75, 3.05) is 13.1 Å². The number of nitriles is 1. The van der Waals surface area contributed by atoms with E-state index in [1.54, 1.807) is 0 Å². The quantitative estimate of drug-likeness (QED) is 0.764. The van der Waals surface area contributed by atoms with Gasteiger partial charge in [0, 0.05) is 0 Å². The third-order valence-electron chi connectivity index (χ3n) is 4.00. The van der Waals surface area contributed by atoms with Crippen LogP contribution in [0.25, 0.3) is 0 Å². The predicted octanol–water partition coefficient (Wildman–Crippen LogP) is 2.93. The molecule has 2 heterocycles. The fourth-order valence-electron chi connectivity index (χ4n) is 2.77. The first-order valence-corrected chi connectivity index (χ1v) is 8.89. The summed E-state index contributed by atoms with van der Waals surface area (Å²) >= 11 is 1.48. The highest BCUT2D eigenvalue weighted by Gasteiger charge is 2.19. The van der Waals surface area contributed by atoms with Gasteiger partial charge in [0.15, 0.2) is 5.16 Å². The van der Waals surface area contributed by atoms with Crippen LogP contribution in [-0.2, 0) is 13.1 Å². The Labute approximate surface area is 141 Å². The van der Waals surface area contributed by atoms with Gasteiger partial charge in [-0.2, -0.15) is 5.26 Å². The van der Waals surface area contributed by atoms with Crippen LogP contribution in [0.1, 0.15) is 31.2 Å². The molecule has 3 rings (SSSR count). The van der Waals surface area contributed by atoms with Crippen molar-refractivity contribution in [3.8, 4) is 6.07 Å². The standard InChI is InChI=1S/C17H21N5S/c1-14(11-18)23-17-20-19-16(13-21-9-5-6-10-21)22(17)12-15-7-3-2-4-8-15/h2-4,7-8,14H,5-6,9-10,12-13H2,1H3. The van der Waals surface area contributed by atoms with Gasteiger partial charge < -0.3 is 4.57 Å². The molecule has 1 saturated heterocycles. The zero-order chi connectivity index (χ0) is 16.1. The number of aromatic nitrogens is 3. The van der Waals surface area contributed by atoms with Crippen molar-refractivity contribution in [1.29, 1.82) is 5.26 Å². The largest absolute Gasteiger partial charge is 0.300 e. The van der Waals surface area contributed by atoms with Gasteiger partial charge in [0.05, 0.1) is 24.4 Å². The zero-order valence-electron chi connectivity index (χ0n) is 13.4. The molecule has 23 heavy (non-hydrogen) atoms. The molecular formula is C17H21N5S. The molecule has 1 aliphatic rings. The molecule has 0 N–H and O–H groups in total. The molecule has 1 unspecified atom stereocenters. The fourth-order valence-corrected chi connectivity index (χ4v) is 3.53. The minimum Gasteiger partial charge on any atom is -0.300 e. The van der Waals surface area contributed by atoms with Crippen molar-refractivity contribution >= 4 is 11.8 Å². The molecule has 0 aliphatic carbocycles. The normalized spacial score (nSPS) is 16.3. The predicted molar refractivity (Wildman–Crippen MR) is 91.0 cm³/mol. The zero-order valence-corrected chi connectivity index (χ0v) is 14.2. The molecule has 1 aliphatic heterocycles. The lowest BCUT2D eigenvalue weighted by atomic mass is 10.2. The van der Waals surface area contributed by atoms with E-state index < -0.39 is 0 Å². The van der Waals surface area contributed by atoms with Gasteiger partial charge in [0.2, 0.25) is 0 Å². The Balaban J connectivity index is 1.84. The van der Waals surface area contributed by atoms with Crippen molar-refractivity contribution in [2.24, 2.45) is 0 Å². The van der Waals surface area contributed by atoms with Gasteiger partial charge in [0.1, 0.15) is 5.82 Å². The van der Waals surface area contributed by atoms with Crippen LogP contribution in [0, 0.1) is 11.3 Å². The number of nitrogens with zero attached hydrogens (tertiary/aromatic N) is 5. The van der Waals surface area contributed by atoms with Crippen molar-refractivity contribution in [3.63, 3.8) is 0 Å². The van der Waals surface area contributed by atoms with E-state index in [-0.39, 0.29) is 5.25 Å². The van der Waals surface area contributed by atoms with Crippen LogP contribution in [0.2, 0.25) is 0 Å². The first-order valence-electron chi connectivity index (χ1n) is 8.01. The summed E-state index contributed by atoms with van der Waals surface area (Å²) in [4.78, 5) is 2.42. The number of hydrogen-bond acceptors (Lipinski definition) is 5. The second kappa shape index (κ2) is 7.62. The number of hydrogen-bond donors (Lipinski definition) is 0. The minimum atomic E-state index is -0.131. The van der Waals surface area contributed by atoms with E-state index in [1.807, 2.05) is 25.1 Å². The molecule has 5 nitrogen and oxygen atoms in total. The molecule has 0 amide bonds. The van der Waals surface area contributed by atoms with Gasteiger partial charge in [0.25, 0.3) is 0 Å². The summed E-state index contributed by atoms with van der Waals surface area (Å²) in [5.74, 6) is 0.989. The third-order valence-corrected chi connectivity index (χ3v) is 4.98. The Morgan fingerprint density at radius 2 is 1.91 bits per heavy atom. The lowest BCUT2D eigenvalue weighted by Gasteiger charge is -2.16. The lowest BCUT2D eigenvalue weighted by Crippen LogP contribution is -2.21. The van der Waals surface area contributed by atoms with Gasteiger partial charge in [-0.3, -0.25) is 4.90 Å². The van der Waals surface area contributed by atoms with Crippen molar-refractivity contribution in [3.05, 3.63) is 41.7 Å². The molecular weight excluding hydrogens is 306 g/mol. The van der Waals surface area contributed by atoms with Gasteiger partial charge in [-0.05, 0) is 38.4 Å². The SMILES string of the molecule is CC(C#N)Sc1nnc(CN2CCCC2)n1Cc1ccccc1. The molecule has 0 spiro atoms. The molecule has 6 heteroatoms. The van der Waals surface area contributed by atoms with Gasteiger partial charge in [-0.15, -0.1) is 10.2 Å². The molecule has 120 valence electrons. The number of rotatable bonds is 6. The van der Waals surface area contributed by atoms with E-state index in [1.165, 1.54) is 30.2 Å². The van der Waals surface area contributed by atoms with Crippen molar-refractivity contribution in [2.45, 2.75) is 43.3 Å². The topological polar surface area (TPSA) is 57.7 Å². The Morgan fingerprint density at radius 1 is 1.17 bits per heavy atom. The number of thioether (sulfide) groups is 1. The molecule has 2 aromatic rings. The van der Waals surface area contributed by atoms with Crippen LogP contribution < -0.4 is 0 Å². The maximum Gasteiger partial charge on any atom is 0.192 e. The highest BCUT2D eigenvalue weighted by Crippen LogP contribution is 2.24. The first-order chi connectivity index (χ1) is 11.3. The molecule has 0 bridgehead atoms. The Hall–Kier alpha value is -1.84. The smallest absolute Gasteiger partial charge is 0.192 e. The van der Waals surface area contributed by atoms with Gasteiger partial charge in [-0.25, -0.2) is 0 Å². The van der Waals surface area contributed by atoms with Crippen LogP contribution in [0.4, 0.5) is 0 Å².